The van der Waals surface area contributed by atoms with Crippen LogP contribution in [0.2, 0.25) is 0 Å². The third-order valence-electron chi connectivity index (χ3n) is 3.42. The molecule has 0 aliphatic carbocycles. The van der Waals surface area contributed by atoms with Crippen LogP contribution in [0.25, 0.3) is 0 Å². The maximum Gasteiger partial charge on any atom is 0.342 e. The molecule has 0 aliphatic heterocycles. The Hall–Kier alpha value is -3.16. The minimum Gasteiger partial charge on any atom is -0.478 e. The Morgan fingerprint density at radius 3 is 2.27 bits per heavy atom. The van der Waals surface area contributed by atoms with Crippen molar-refractivity contribution >= 4 is 23.9 Å². The van der Waals surface area contributed by atoms with Gasteiger partial charge in [-0.3, -0.25) is 0 Å². The molecule has 140 valence electrons. The molecule has 0 radical (unpaired) electrons. The monoisotopic (exact) mass is 364 g/mol. The van der Waals surface area contributed by atoms with Gasteiger partial charge in [-0.25, -0.2) is 19.2 Å². The first kappa shape index (κ1) is 20.9. The minimum absolute atomic E-state index is 0.0318. The van der Waals surface area contributed by atoms with Crippen molar-refractivity contribution in [3.63, 3.8) is 0 Å². The van der Waals surface area contributed by atoms with Crippen LogP contribution in [0.15, 0.2) is 24.8 Å². The van der Waals surface area contributed by atoms with E-state index in [-0.39, 0.29) is 6.61 Å². The van der Waals surface area contributed by atoms with Crippen LogP contribution in [-0.2, 0) is 9.53 Å². The van der Waals surface area contributed by atoms with Crippen LogP contribution in [0.5, 0.6) is 5.75 Å². The Bertz CT molecular complexity index is 720. The van der Waals surface area contributed by atoms with Crippen molar-refractivity contribution in [1.82, 2.24) is 0 Å². The first-order valence-electron chi connectivity index (χ1n) is 7.98. The van der Waals surface area contributed by atoms with Crippen molar-refractivity contribution < 1.29 is 38.9 Å². The Morgan fingerprint density at radius 2 is 1.73 bits per heavy atom. The normalized spacial score (nSPS) is 10.0. The highest BCUT2D eigenvalue weighted by atomic mass is 16.5. The van der Waals surface area contributed by atoms with Crippen molar-refractivity contribution in [3.05, 3.63) is 41.5 Å². The van der Waals surface area contributed by atoms with E-state index in [0.29, 0.717) is 6.42 Å². The second kappa shape index (κ2) is 9.97. The first-order chi connectivity index (χ1) is 12.3. The van der Waals surface area contributed by atoms with E-state index in [4.69, 9.17) is 9.47 Å². The van der Waals surface area contributed by atoms with E-state index in [1.54, 1.807) is 0 Å². The molecule has 0 aliphatic rings. The summed E-state index contributed by atoms with van der Waals surface area (Å²) in [5.74, 6) is -5.61. The lowest BCUT2D eigenvalue weighted by Gasteiger charge is -2.13. The molecule has 0 bridgehead atoms. The molecule has 0 amide bonds. The molecule has 26 heavy (non-hydrogen) atoms. The van der Waals surface area contributed by atoms with Gasteiger partial charge in [0.05, 0.1) is 17.7 Å². The van der Waals surface area contributed by atoms with Crippen molar-refractivity contribution in [2.24, 2.45) is 0 Å². The minimum atomic E-state index is -1.66. The zero-order valence-electron chi connectivity index (χ0n) is 14.3. The summed E-state index contributed by atoms with van der Waals surface area (Å²) in [4.78, 5) is 46.6. The summed E-state index contributed by atoms with van der Waals surface area (Å²) in [7, 11) is 0. The molecule has 0 aromatic heterocycles. The summed E-state index contributed by atoms with van der Waals surface area (Å²) >= 11 is 0. The Labute approximate surface area is 150 Å². The number of hydrogen-bond donors (Lipinski definition) is 2. The average molecular weight is 364 g/mol. The Kier molecular flexibility index (Phi) is 8.01. The van der Waals surface area contributed by atoms with Gasteiger partial charge in [-0.05, 0) is 18.6 Å². The molecule has 1 aromatic carbocycles. The van der Waals surface area contributed by atoms with Crippen LogP contribution >= 0.6 is 0 Å². The summed E-state index contributed by atoms with van der Waals surface area (Å²) in [6.07, 6.45) is 4.16. The highest BCUT2D eigenvalue weighted by Crippen LogP contribution is 2.28. The van der Waals surface area contributed by atoms with Gasteiger partial charge in [0.25, 0.3) is 0 Å². The molecule has 2 N–H and O–H groups in total. The maximum absolute atomic E-state index is 12.4. The second-order valence-corrected chi connectivity index (χ2v) is 5.29. The number of rotatable bonds is 10. The molecule has 0 atom stereocenters. The lowest BCUT2D eigenvalue weighted by Crippen LogP contribution is -2.19. The van der Waals surface area contributed by atoms with Crippen molar-refractivity contribution in [2.45, 2.75) is 32.6 Å². The van der Waals surface area contributed by atoms with E-state index >= 15 is 0 Å². The molecule has 0 unspecified atom stereocenters. The van der Waals surface area contributed by atoms with E-state index in [9.17, 15) is 29.4 Å². The predicted octanol–water partition coefficient (Wildman–Crippen LogP) is 2.91. The fourth-order valence-electron chi connectivity index (χ4n) is 2.19. The fourth-order valence-corrected chi connectivity index (χ4v) is 2.19. The molecule has 0 saturated heterocycles. The highest BCUT2D eigenvalue weighted by Gasteiger charge is 2.29. The van der Waals surface area contributed by atoms with Gasteiger partial charge in [0.1, 0.15) is 11.3 Å². The first-order valence-corrected chi connectivity index (χ1v) is 7.98. The number of carboxylic acids is 2. The molecular formula is C18H20O8. The number of aromatic carboxylic acids is 2. The van der Waals surface area contributed by atoms with Gasteiger partial charge in [0.15, 0.2) is 0 Å². The van der Waals surface area contributed by atoms with Gasteiger partial charge in [-0.2, -0.15) is 0 Å². The maximum atomic E-state index is 12.4. The highest BCUT2D eigenvalue weighted by molar-refractivity contribution is 6.11. The third kappa shape index (κ3) is 5.44. The van der Waals surface area contributed by atoms with Crippen LogP contribution in [0.4, 0.5) is 0 Å². The fraction of sp³-hybridized carbons (Fsp3) is 0.333. The van der Waals surface area contributed by atoms with Gasteiger partial charge in [0.2, 0.25) is 0 Å². The third-order valence-corrected chi connectivity index (χ3v) is 3.42. The molecule has 8 nitrogen and oxygen atoms in total. The van der Waals surface area contributed by atoms with Crippen LogP contribution in [0, 0.1) is 0 Å². The molecule has 1 aromatic rings. The molecule has 0 spiro atoms. The van der Waals surface area contributed by atoms with E-state index < -0.39 is 46.3 Å². The van der Waals surface area contributed by atoms with Gasteiger partial charge < -0.3 is 19.7 Å². The molecule has 1 rings (SSSR count). The van der Waals surface area contributed by atoms with E-state index in [0.717, 1.165) is 37.5 Å². The van der Waals surface area contributed by atoms with E-state index in [2.05, 4.69) is 6.58 Å². The zero-order chi connectivity index (χ0) is 19.7. The van der Waals surface area contributed by atoms with Crippen LogP contribution < -0.4 is 4.74 Å². The van der Waals surface area contributed by atoms with Gasteiger partial charge in [0, 0.05) is 6.08 Å². The molecule has 0 fully saturated rings. The van der Waals surface area contributed by atoms with Gasteiger partial charge in [-0.15, -0.1) is 0 Å². The standard InChI is InChI=1S/C18H20O8/c1-3-5-6-7-10-25-18(24)15-12(26-13(19)4-2)9-8-11(16(20)21)14(15)17(22)23/h4,8-9H,2-3,5-7,10H2,1H3,(H,20,21)(H,22,23). The number of unbranched alkanes of at least 4 members (excludes halogenated alkanes) is 3. The van der Waals surface area contributed by atoms with Crippen molar-refractivity contribution in [2.75, 3.05) is 6.61 Å². The largest absolute Gasteiger partial charge is 0.478 e. The summed E-state index contributed by atoms with van der Waals surface area (Å²) < 4.78 is 9.92. The smallest absolute Gasteiger partial charge is 0.342 e. The van der Waals surface area contributed by atoms with E-state index in [1.807, 2.05) is 6.92 Å². The summed E-state index contributed by atoms with van der Waals surface area (Å²) in [6.45, 7) is 5.26. The van der Waals surface area contributed by atoms with Crippen molar-refractivity contribution in [3.8, 4) is 5.75 Å². The number of benzene rings is 1. The topological polar surface area (TPSA) is 127 Å². The Morgan fingerprint density at radius 1 is 1.04 bits per heavy atom. The van der Waals surface area contributed by atoms with Gasteiger partial charge >= 0.3 is 23.9 Å². The van der Waals surface area contributed by atoms with Crippen LogP contribution in [0.3, 0.4) is 0 Å². The Balaban J connectivity index is 3.28. The molecular weight excluding hydrogens is 344 g/mol. The quantitative estimate of drug-likeness (QED) is 0.281. The molecule has 0 saturated carbocycles. The summed E-state index contributed by atoms with van der Waals surface area (Å²) in [5, 5.41) is 18.5. The van der Waals surface area contributed by atoms with Crippen LogP contribution in [0.1, 0.15) is 63.7 Å². The SMILES string of the molecule is C=CC(=O)Oc1ccc(C(=O)O)c(C(=O)O)c1C(=O)OCCCCCC. The van der Waals surface area contributed by atoms with E-state index in [1.165, 1.54) is 0 Å². The average Bonchev–Trinajstić information content (AvgIpc) is 2.60. The summed E-state index contributed by atoms with van der Waals surface area (Å²) in [6, 6.07) is 1.97. The number of carbonyl (C=O) groups excluding carboxylic acids is 2. The number of carbonyl (C=O) groups is 4. The lowest BCUT2D eigenvalue weighted by atomic mass is 9.99. The lowest BCUT2D eigenvalue weighted by molar-refractivity contribution is -0.129. The van der Waals surface area contributed by atoms with Gasteiger partial charge in [-0.1, -0.05) is 32.8 Å². The number of carboxylic acid groups (broad SMARTS) is 2. The van der Waals surface area contributed by atoms with Crippen molar-refractivity contribution in [1.29, 1.82) is 0 Å². The zero-order valence-corrected chi connectivity index (χ0v) is 14.3. The molecule has 8 heteroatoms. The second-order valence-electron chi connectivity index (χ2n) is 5.29. The predicted molar refractivity (Wildman–Crippen MR) is 90.6 cm³/mol. The van der Waals surface area contributed by atoms with Crippen LogP contribution in [-0.4, -0.2) is 40.7 Å². The number of ether oxygens (including phenoxy) is 2. The number of hydrogen-bond acceptors (Lipinski definition) is 6. The molecule has 0 heterocycles. The summed E-state index contributed by atoms with van der Waals surface area (Å²) in [5.41, 5.74) is -2.04. The number of esters is 2.